The number of benzene rings is 1. The Balaban J connectivity index is 2.19. The zero-order chi connectivity index (χ0) is 12.3. The van der Waals surface area contributed by atoms with Gasteiger partial charge in [-0.3, -0.25) is 0 Å². The van der Waals surface area contributed by atoms with Crippen molar-refractivity contribution in [2.24, 2.45) is 0 Å². The fourth-order valence-corrected chi connectivity index (χ4v) is 2.73. The second kappa shape index (κ2) is 5.35. The van der Waals surface area contributed by atoms with Crippen LogP contribution in [0.4, 0.5) is 5.69 Å². The van der Waals surface area contributed by atoms with Gasteiger partial charge >= 0.3 is 0 Å². The van der Waals surface area contributed by atoms with E-state index in [1.807, 2.05) is 42.6 Å². The van der Waals surface area contributed by atoms with Crippen molar-refractivity contribution in [3.05, 3.63) is 50.6 Å². The van der Waals surface area contributed by atoms with Crippen LogP contribution in [-0.2, 0) is 0 Å². The lowest BCUT2D eigenvalue weighted by molar-refractivity contribution is 1.01. The third kappa shape index (κ3) is 2.87. The fraction of sp³-hybridized carbons (Fsp3) is 0.154. The van der Waals surface area contributed by atoms with Crippen molar-refractivity contribution >= 4 is 33.0 Å². The van der Waals surface area contributed by atoms with Gasteiger partial charge in [0.1, 0.15) is 6.04 Å². The molecule has 0 bridgehead atoms. The average molecular weight is 307 g/mol. The van der Waals surface area contributed by atoms with E-state index in [1.165, 1.54) is 0 Å². The predicted molar refractivity (Wildman–Crippen MR) is 75.2 cm³/mol. The highest BCUT2D eigenvalue weighted by Gasteiger charge is 2.13. The Morgan fingerprint density at radius 1 is 1.29 bits per heavy atom. The van der Waals surface area contributed by atoms with E-state index in [1.54, 1.807) is 11.3 Å². The third-order valence-electron chi connectivity index (χ3n) is 2.45. The number of nitriles is 1. The highest BCUT2D eigenvalue weighted by atomic mass is 79.9. The quantitative estimate of drug-likeness (QED) is 0.906. The van der Waals surface area contributed by atoms with Gasteiger partial charge in [-0.1, -0.05) is 15.9 Å². The second-order valence-corrected chi connectivity index (χ2v) is 5.54. The number of rotatable bonds is 3. The van der Waals surface area contributed by atoms with E-state index in [0.29, 0.717) is 0 Å². The summed E-state index contributed by atoms with van der Waals surface area (Å²) in [5.41, 5.74) is 2.11. The number of nitrogens with zero attached hydrogens (tertiary/aromatic N) is 1. The van der Waals surface area contributed by atoms with Gasteiger partial charge in [0.25, 0.3) is 0 Å². The molecule has 1 N–H and O–H groups in total. The number of nitrogens with one attached hydrogen (secondary N) is 1. The molecule has 86 valence electrons. The van der Waals surface area contributed by atoms with Crippen LogP contribution in [0.25, 0.3) is 0 Å². The Labute approximate surface area is 113 Å². The molecule has 0 aliphatic carbocycles. The molecule has 17 heavy (non-hydrogen) atoms. The summed E-state index contributed by atoms with van der Waals surface area (Å²) in [7, 11) is 0. The zero-order valence-electron chi connectivity index (χ0n) is 9.27. The summed E-state index contributed by atoms with van der Waals surface area (Å²) in [5.74, 6) is 0. The van der Waals surface area contributed by atoms with E-state index in [4.69, 9.17) is 0 Å². The van der Waals surface area contributed by atoms with Crippen LogP contribution < -0.4 is 5.32 Å². The van der Waals surface area contributed by atoms with Gasteiger partial charge < -0.3 is 5.32 Å². The fourth-order valence-electron chi connectivity index (χ4n) is 1.55. The SMILES string of the molecule is Cc1ccsc1C(C#N)Nc1ccc(Br)cc1. The molecule has 1 unspecified atom stereocenters. The molecular formula is C13H11BrN2S. The first kappa shape index (κ1) is 12.2. The summed E-state index contributed by atoms with van der Waals surface area (Å²) >= 11 is 5.00. The maximum atomic E-state index is 9.22. The highest BCUT2D eigenvalue weighted by molar-refractivity contribution is 9.10. The van der Waals surface area contributed by atoms with Crippen LogP contribution in [0, 0.1) is 18.3 Å². The van der Waals surface area contributed by atoms with Crippen LogP contribution in [0.5, 0.6) is 0 Å². The maximum Gasteiger partial charge on any atom is 0.149 e. The summed E-state index contributed by atoms with van der Waals surface area (Å²) in [6.45, 7) is 2.03. The van der Waals surface area contributed by atoms with Gasteiger partial charge in [-0.05, 0) is 48.2 Å². The van der Waals surface area contributed by atoms with E-state index in [2.05, 4.69) is 27.3 Å². The number of thiophene rings is 1. The molecule has 2 nitrogen and oxygen atoms in total. The first-order chi connectivity index (χ1) is 8.20. The van der Waals surface area contributed by atoms with E-state index in [-0.39, 0.29) is 6.04 Å². The lowest BCUT2D eigenvalue weighted by Gasteiger charge is -2.12. The van der Waals surface area contributed by atoms with Gasteiger partial charge in [0.05, 0.1) is 6.07 Å². The van der Waals surface area contributed by atoms with Gasteiger partial charge in [-0.15, -0.1) is 11.3 Å². The Kier molecular flexibility index (Phi) is 3.82. The Morgan fingerprint density at radius 2 is 2.00 bits per heavy atom. The minimum atomic E-state index is -0.281. The molecule has 0 saturated carbocycles. The molecule has 0 saturated heterocycles. The van der Waals surface area contributed by atoms with E-state index < -0.39 is 0 Å². The molecule has 0 spiro atoms. The molecule has 0 amide bonds. The first-order valence-corrected chi connectivity index (χ1v) is 6.83. The van der Waals surface area contributed by atoms with Crippen molar-refractivity contribution in [1.29, 1.82) is 5.26 Å². The normalized spacial score (nSPS) is 11.8. The van der Waals surface area contributed by atoms with Crippen molar-refractivity contribution in [3.63, 3.8) is 0 Å². The second-order valence-electron chi connectivity index (χ2n) is 3.68. The monoisotopic (exact) mass is 306 g/mol. The third-order valence-corrected chi connectivity index (χ3v) is 4.06. The van der Waals surface area contributed by atoms with E-state index >= 15 is 0 Å². The van der Waals surface area contributed by atoms with Gasteiger partial charge in [0, 0.05) is 15.0 Å². The number of hydrogen-bond acceptors (Lipinski definition) is 3. The van der Waals surface area contributed by atoms with Crippen LogP contribution in [0.3, 0.4) is 0 Å². The van der Waals surface area contributed by atoms with Crippen LogP contribution in [0.15, 0.2) is 40.2 Å². The van der Waals surface area contributed by atoms with Crippen LogP contribution in [0.2, 0.25) is 0 Å². The standard InChI is InChI=1S/C13H11BrN2S/c1-9-6-7-17-13(9)12(8-15)16-11-4-2-10(14)3-5-11/h2-7,12,16H,1H3. The zero-order valence-corrected chi connectivity index (χ0v) is 11.7. The number of anilines is 1. The molecule has 0 aliphatic heterocycles. The summed E-state index contributed by atoms with van der Waals surface area (Å²) in [6.07, 6.45) is 0. The average Bonchev–Trinajstić information content (AvgIpc) is 2.75. The van der Waals surface area contributed by atoms with Gasteiger partial charge in [-0.2, -0.15) is 5.26 Å². The lowest BCUT2D eigenvalue weighted by Crippen LogP contribution is -2.07. The smallest absolute Gasteiger partial charge is 0.149 e. The molecule has 0 aliphatic rings. The van der Waals surface area contributed by atoms with Crippen LogP contribution in [-0.4, -0.2) is 0 Å². The van der Waals surface area contributed by atoms with Gasteiger partial charge in [0.15, 0.2) is 0 Å². The first-order valence-electron chi connectivity index (χ1n) is 5.16. The maximum absolute atomic E-state index is 9.22. The molecular weight excluding hydrogens is 296 g/mol. The summed E-state index contributed by atoms with van der Waals surface area (Å²) in [5, 5.41) is 14.5. The molecule has 2 aromatic rings. The van der Waals surface area contributed by atoms with Crippen LogP contribution >= 0.6 is 27.3 Å². The molecule has 1 atom stereocenters. The lowest BCUT2D eigenvalue weighted by atomic mass is 10.2. The van der Waals surface area contributed by atoms with Crippen molar-refractivity contribution in [1.82, 2.24) is 0 Å². The molecule has 0 radical (unpaired) electrons. The summed E-state index contributed by atoms with van der Waals surface area (Å²) < 4.78 is 1.03. The van der Waals surface area contributed by atoms with Crippen molar-refractivity contribution in [2.45, 2.75) is 13.0 Å². The number of halogens is 1. The Morgan fingerprint density at radius 3 is 2.53 bits per heavy atom. The predicted octanol–water partition coefficient (Wildman–Crippen LogP) is 4.50. The minimum absolute atomic E-state index is 0.281. The van der Waals surface area contributed by atoms with Crippen molar-refractivity contribution < 1.29 is 0 Å². The van der Waals surface area contributed by atoms with E-state index in [9.17, 15) is 5.26 Å². The largest absolute Gasteiger partial charge is 0.366 e. The molecule has 4 heteroatoms. The molecule has 1 aromatic carbocycles. The van der Waals surface area contributed by atoms with Gasteiger partial charge in [-0.25, -0.2) is 0 Å². The number of aryl methyl sites for hydroxylation is 1. The molecule has 1 aromatic heterocycles. The molecule has 1 heterocycles. The molecule has 2 rings (SSSR count). The summed E-state index contributed by atoms with van der Waals surface area (Å²) in [6, 6.07) is 11.9. The topological polar surface area (TPSA) is 35.8 Å². The van der Waals surface area contributed by atoms with E-state index in [0.717, 1.165) is 20.6 Å². The van der Waals surface area contributed by atoms with Crippen LogP contribution in [0.1, 0.15) is 16.5 Å². The Bertz CT molecular complexity index is 539. The summed E-state index contributed by atoms with van der Waals surface area (Å²) in [4.78, 5) is 1.08. The van der Waals surface area contributed by atoms with Crippen molar-refractivity contribution in [2.75, 3.05) is 5.32 Å². The highest BCUT2D eigenvalue weighted by Crippen LogP contribution is 2.27. The van der Waals surface area contributed by atoms with Crippen molar-refractivity contribution in [3.8, 4) is 6.07 Å². The number of hydrogen-bond donors (Lipinski definition) is 1. The molecule has 0 fully saturated rings. The minimum Gasteiger partial charge on any atom is -0.366 e. The Hall–Kier alpha value is -1.31. The van der Waals surface area contributed by atoms with Gasteiger partial charge in [0.2, 0.25) is 0 Å².